The minimum Gasteiger partial charge on any atom is -0.393 e. The molecule has 0 spiro atoms. The van der Waals surface area contributed by atoms with Crippen LogP contribution in [0.2, 0.25) is 0 Å². The molecular weight excluding hydrogens is 458 g/mol. The van der Waals surface area contributed by atoms with Gasteiger partial charge < -0.3 is 20.5 Å². The molecule has 3 atom stereocenters. The third-order valence-corrected chi connectivity index (χ3v) is 8.83. The number of benzene rings is 1. The SMILES string of the molecule is N#CC1CCCCC1n1nc(Nc2ccc3c(c2)C(O)(CO)CCS3(O)O)c2c(=O)[nH]ccc21. The molecule has 1 fully saturated rings. The Kier molecular flexibility index (Phi) is 5.66. The quantitative estimate of drug-likeness (QED) is 0.327. The van der Waals surface area contributed by atoms with E-state index in [4.69, 9.17) is 5.10 Å². The van der Waals surface area contributed by atoms with E-state index in [1.165, 1.54) is 6.07 Å². The zero-order valence-electron chi connectivity index (χ0n) is 18.4. The van der Waals surface area contributed by atoms with E-state index in [0.717, 1.165) is 25.7 Å². The maximum absolute atomic E-state index is 12.8. The number of rotatable bonds is 4. The van der Waals surface area contributed by atoms with Crippen LogP contribution in [0.5, 0.6) is 0 Å². The number of H-pyrrole nitrogens is 1. The molecule has 0 radical (unpaired) electrons. The van der Waals surface area contributed by atoms with Gasteiger partial charge in [-0.15, -0.1) is 0 Å². The molecule has 0 amide bonds. The van der Waals surface area contributed by atoms with Crippen LogP contribution in [0.3, 0.4) is 0 Å². The van der Waals surface area contributed by atoms with E-state index in [9.17, 15) is 29.4 Å². The van der Waals surface area contributed by atoms with Crippen molar-refractivity contribution in [3.8, 4) is 6.07 Å². The molecule has 5 rings (SSSR count). The van der Waals surface area contributed by atoms with Crippen molar-refractivity contribution < 1.29 is 19.3 Å². The van der Waals surface area contributed by atoms with Gasteiger partial charge in [0.2, 0.25) is 0 Å². The molecule has 10 nitrogen and oxygen atoms in total. The van der Waals surface area contributed by atoms with E-state index < -0.39 is 22.8 Å². The lowest BCUT2D eigenvalue weighted by Crippen LogP contribution is -2.37. The summed E-state index contributed by atoms with van der Waals surface area (Å²) in [5.74, 6) is 0.0712. The molecule has 0 bridgehead atoms. The van der Waals surface area contributed by atoms with E-state index in [0.29, 0.717) is 22.4 Å². The fourth-order valence-electron chi connectivity index (χ4n) is 5.11. The van der Waals surface area contributed by atoms with Crippen LogP contribution < -0.4 is 10.9 Å². The molecule has 2 aromatic heterocycles. The Morgan fingerprint density at radius 2 is 2.09 bits per heavy atom. The lowest BCUT2D eigenvalue weighted by molar-refractivity contribution is -0.0263. The Hall–Kier alpha value is -2.88. The van der Waals surface area contributed by atoms with Crippen LogP contribution in [0, 0.1) is 17.2 Å². The summed E-state index contributed by atoms with van der Waals surface area (Å²) in [5.41, 5.74) is -0.596. The topological polar surface area (TPSA) is 167 Å². The highest BCUT2D eigenvalue weighted by Gasteiger charge is 2.40. The fourth-order valence-corrected chi connectivity index (χ4v) is 6.84. The van der Waals surface area contributed by atoms with Crippen LogP contribution in [0.15, 0.2) is 40.2 Å². The first-order valence-electron chi connectivity index (χ1n) is 11.3. The van der Waals surface area contributed by atoms with E-state index >= 15 is 0 Å². The van der Waals surface area contributed by atoms with Crippen LogP contribution in [0.1, 0.15) is 43.7 Å². The molecule has 1 aromatic carbocycles. The second-order valence-corrected chi connectivity index (χ2v) is 11.3. The molecule has 1 aliphatic heterocycles. The second kappa shape index (κ2) is 8.41. The van der Waals surface area contributed by atoms with Crippen molar-refractivity contribution in [3.63, 3.8) is 0 Å². The number of nitriles is 1. The third-order valence-electron chi connectivity index (χ3n) is 7.00. The maximum atomic E-state index is 12.8. The van der Waals surface area contributed by atoms with Crippen molar-refractivity contribution in [3.05, 3.63) is 46.4 Å². The summed E-state index contributed by atoms with van der Waals surface area (Å²) in [5, 5.41) is 38.6. The van der Waals surface area contributed by atoms with Gasteiger partial charge in [-0.1, -0.05) is 12.8 Å². The number of aliphatic hydroxyl groups excluding tert-OH is 1. The number of fused-ring (bicyclic) bond motifs is 2. The molecule has 3 aromatic rings. The Balaban J connectivity index is 1.60. The van der Waals surface area contributed by atoms with Gasteiger partial charge in [0, 0.05) is 29.6 Å². The van der Waals surface area contributed by atoms with Gasteiger partial charge in [0.1, 0.15) is 11.0 Å². The summed E-state index contributed by atoms with van der Waals surface area (Å²) in [4.78, 5) is 15.6. The predicted octanol–water partition coefficient (Wildman–Crippen LogP) is 3.42. The molecule has 3 unspecified atom stereocenters. The molecule has 1 aliphatic carbocycles. The Bertz CT molecular complexity index is 1350. The maximum Gasteiger partial charge on any atom is 0.261 e. The number of aliphatic hydroxyl groups is 2. The number of hydrogen-bond acceptors (Lipinski definition) is 8. The highest BCUT2D eigenvalue weighted by molar-refractivity contribution is 8.24. The predicted molar refractivity (Wildman–Crippen MR) is 128 cm³/mol. The van der Waals surface area contributed by atoms with Crippen LogP contribution in [0.4, 0.5) is 11.5 Å². The summed E-state index contributed by atoms with van der Waals surface area (Å²) in [6, 6.07) is 8.70. The lowest BCUT2D eigenvalue weighted by Gasteiger charge is -2.44. The zero-order chi connectivity index (χ0) is 24.1. The minimum atomic E-state index is -3.08. The summed E-state index contributed by atoms with van der Waals surface area (Å²) in [6.45, 7) is -0.562. The average molecular weight is 486 g/mol. The van der Waals surface area contributed by atoms with E-state index in [-0.39, 0.29) is 40.2 Å². The Labute approximate surface area is 197 Å². The van der Waals surface area contributed by atoms with Crippen LogP contribution in [-0.2, 0) is 5.60 Å². The smallest absolute Gasteiger partial charge is 0.261 e. The summed E-state index contributed by atoms with van der Waals surface area (Å²) in [7, 11) is -3.08. The highest BCUT2D eigenvalue weighted by Crippen LogP contribution is 2.57. The van der Waals surface area contributed by atoms with Gasteiger partial charge in [0.25, 0.3) is 5.56 Å². The number of anilines is 2. The molecule has 0 saturated heterocycles. The number of aromatic nitrogens is 3. The van der Waals surface area contributed by atoms with Crippen LogP contribution in [-0.4, -0.2) is 46.4 Å². The van der Waals surface area contributed by atoms with Crippen LogP contribution in [0.25, 0.3) is 10.9 Å². The standard InChI is InChI=1S/C23H27N5O5S/c24-12-14-3-1-2-4-17(14)28-18-7-9-25-22(30)20(18)21(27-28)26-15-5-6-19-16(11-15)23(31,13-29)8-10-34(19,32)33/h5-7,9,11,14,17,29,31-33H,1-4,8,10,13H2,(H,25,30)(H,26,27). The van der Waals surface area contributed by atoms with Crippen molar-refractivity contribution in [2.45, 2.75) is 48.6 Å². The van der Waals surface area contributed by atoms with Crippen LogP contribution >= 0.6 is 10.6 Å². The molecule has 3 heterocycles. The minimum absolute atomic E-state index is 0.0107. The van der Waals surface area contributed by atoms with Gasteiger partial charge in [-0.3, -0.25) is 18.6 Å². The molecule has 180 valence electrons. The van der Waals surface area contributed by atoms with Crippen molar-refractivity contribution in [2.24, 2.45) is 5.92 Å². The Morgan fingerprint density at radius 1 is 1.29 bits per heavy atom. The zero-order valence-corrected chi connectivity index (χ0v) is 19.3. The number of nitrogens with zero attached hydrogens (tertiary/aromatic N) is 3. The molecule has 1 saturated carbocycles. The Morgan fingerprint density at radius 3 is 2.85 bits per heavy atom. The number of nitrogens with one attached hydrogen (secondary N) is 2. The van der Waals surface area contributed by atoms with Gasteiger partial charge in [-0.05, 0) is 37.1 Å². The first-order chi connectivity index (χ1) is 16.3. The molecular formula is C23H27N5O5S. The van der Waals surface area contributed by atoms with Gasteiger partial charge in [0.05, 0.1) is 35.0 Å². The van der Waals surface area contributed by atoms with Crippen molar-refractivity contribution in [1.82, 2.24) is 14.8 Å². The normalized spacial score (nSPS) is 27.0. The molecule has 34 heavy (non-hydrogen) atoms. The molecule has 2 aliphatic rings. The third kappa shape index (κ3) is 3.68. The number of hydrogen-bond donors (Lipinski definition) is 6. The van der Waals surface area contributed by atoms with Crippen molar-refractivity contribution in [2.75, 3.05) is 17.7 Å². The van der Waals surface area contributed by atoms with E-state index in [1.807, 2.05) is 0 Å². The second-order valence-electron chi connectivity index (χ2n) is 9.09. The van der Waals surface area contributed by atoms with Gasteiger partial charge in [-0.25, -0.2) is 0 Å². The summed E-state index contributed by atoms with van der Waals surface area (Å²) in [6.07, 6.45) is 5.11. The fraction of sp³-hybridized carbons (Fsp3) is 0.435. The van der Waals surface area contributed by atoms with Crippen molar-refractivity contribution in [1.29, 1.82) is 5.26 Å². The highest BCUT2D eigenvalue weighted by atomic mass is 32.3. The summed E-state index contributed by atoms with van der Waals surface area (Å²) >= 11 is 0. The first-order valence-corrected chi connectivity index (χ1v) is 13.0. The first kappa shape index (κ1) is 22.9. The van der Waals surface area contributed by atoms with Gasteiger partial charge in [-0.2, -0.15) is 21.0 Å². The molecule has 6 N–H and O–H groups in total. The molecule has 11 heteroatoms. The summed E-state index contributed by atoms with van der Waals surface area (Å²) < 4.78 is 22.7. The van der Waals surface area contributed by atoms with Crippen molar-refractivity contribution >= 4 is 33.0 Å². The lowest BCUT2D eigenvalue weighted by atomic mass is 9.85. The largest absolute Gasteiger partial charge is 0.393 e. The monoisotopic (exact) mass is 485 g/mol. The van der Waals surface area contributed by atoms with E-state index in [1.54, 1.807) is 29.1 Å². The number of aromatic amines is 1. The van der Waals surface area contributed by atoms with Gasteiger partial charge in [0.15, 0.2) is 5.82 Å². The number of pyridine rings is 1. The van der Waals surface area contributed by atoms with E-state index in [2.05, 4.69) is 16.4 Å². The average Bonchev–Trinajstić information content (AvgIpc) is 3.21. The van der Waals surface area contributed by atoms with Gasteiger partial charge >= 0.3 is 0 Å².